The van der Waals surface area contributed by atoms with E-state index in [4.69, 9.17) is 0 Å². The zero-order chi connectivity index (χ0) is 12.3. The lowest BCUT2D eigenvalue weighted by atomic mass is 10.3. The average molecular weight is 250 g/mol. The van der Waals surface area contributed by atoms with Crippen LogP contribution in [0, 0.1) is 0 Å². The third-order valence-electron chi connectivity index (χ3n) is 2.29. The molecule has 0 amide bonds. The number of aryl methyl sites for hydroxylation is 1. The van der Waals surface area contributed by atoms with Gasteiger partial charge in [0, 0.05) is 20.4 Å². The van der Waals surface area contributed by atoms with E-state index >= 15 is 0 Å². The SMILES string of the molecule is CNc1c(-c2ncc(NSC)cn2)cnn1C. The second kappa shape index (κ2) is 5.05. The van der Waals surface area contributed by atoms with Crippen molar-refractivity contribution in [2.24, 2.45) is 7.05 Å². The molecule has 0 aromatic carbocycles. The topological polar surface area (TPSA) is 67.7 Å². The van der Waals surface area contributed by atoms with Gasteiger partial charge in [0.25, 0.3) is 0 Å². The molecule has 0 fully saturated rings. The summed E-state index contributed by atoms with van der Waals surface area (Å²) in [6.07, 6.45) is 7.22. The van der Waals surface area contributed by atoms with E-state index in [0.29, 0.717) is 5.82 Å². The molecule has 0 aliphatic rings. The summed E-state index contributed by atoms with van der Waals surface area (Å²) in [5.74, 6) is 1.56. The Bertz CT molecular complexity index is 492. The molecule has 0 radical (unpaired) electrons. The molecule has 2 aromatic heterocycles. The maximum absolute atomic E-state index is 4.31. The smallest absolute Gasteiger partial charge is 0.164 e. The summed E-state index contributed by atoms with van der Waals surface area (Å²) in [5, 5.41) is 7.26. The third-order valence-corrected chi connectivity index (χ3v) is 2.73. The molecule has 0 spiro atoms. The number of aromatic nitrogens is 4. The number of hydrogen-bond donors (Lipinski definition) is 2. The van der Waals surface area contributed by atoms with Crippen LogP contribution in [0.5, 0.6) is 0 Å². The molecular weight excluding hydrogens is 236 g/mol. The highest BCUT2D eigenvalue weighted by Gasteiger charge is 2.11. The van der Waals surface area contributed by atoms with Gasteiger partial charge in [-0.1, -0.05) is 11.9 Å². The van der Waals surface area contributed by atoms with Crippen molar-refractivity contribution < 1.29 is 0 Å². The van der Waals surface area contributed by atoms with Gasteiger partial charge in [-0.25, -0.2) is 9.97 Å². The summed E-state index contributed by atoms with van der Waals surface area (Å²) in [6, 6.07) is 0. The van der Waals surface area contributed by atoms with Crippen LogP contribution in [0.3, 0.4) is 0 Å². The third kappa shape index (κ3) is 2.33. The fourth-order valence-corrected chi connectivity index (χ4v) is 1.88. The summed E-state index contributed by atoms with van der Waals surface area (Å²) in [5.41, 5.74) is 1.78. The van der Waals surface area contributed by atoms with Gasteiger partial charge in [0.15, 0.2) is 5.82 Å². The van der Waals surface area contributed by atoms with Gasteiger partial charge in [-0.05, 0) is 0 Å². The molecule has 0 atom stereocenters. The zero-order valence-electron chi connectivity index (χ0n) is 9.93. The molecule has 2 N–H and O–H groups in total. The largest absolute Gasteiger partial charge is 0.373 e. The monoisotopic (exact) mass is 250 g/mol. The number of nitrogens with zero attached hydrogens (tertiary/aromatic N) is 4. The van der Waals surface area contributed by atoms with Gasteiger partial charge in [-0.3, -0.25) is 4.68 Å². The maximum atomic E-state index is 4.31. The Morgan fingerprint density at radius 3 is 2.53 bits per heavy atom. The molecule has 7 heteroatoms. The first-order valence-corrected chi connectivity index (χ1v) is 6.30. The lowest BCUT2D eigenvalue weighted by Gasteiger charge is -2.05. The van der Waals surface area contributed by atoms with Crippen LogP contribution in [0.2, 0.25) is 0 Å². The lowest BCUT2D eigenvalue weighted by Crippen LogP contribution is -2.00. The molecule has 0 unspecified atom stereocenters. The fourth-order valence-electron chi connectivity index (χ4n) is 1.54. The second-order valence-corrected chi connectivity index (χ2v) is 3.99. The standard InChI is InChI=1S/C10H14N6S/c1-11-10-8(6-14-16(10)2)9-12-4-7(5-13-9)15-17-3/h4-6,11,15H,1-3H3. The van der Waals surface area contributed by atoms with E-state index in [1.165, 1.54) is 11.9 Å². The van der Waals surface area contributed by atoms with Crippen molar-refractivity contribution >= 4 is 23.5 Å². The second-order valence-electron chi connectivity index (χ2n) is 3.38. The number of hydrogen-bond acceptors (Lipinski definition) is 6. The minimum absolute atomic E-state index is 0.661. The Labute approximate surface area is 104 Å². The van der Waals surface area contributed by atoms with Gasteiger partial charge in [0.05, 0.1) is 29.8 Å². The average Bonchev–Trinajstić information content (AvgIpc) is 2.72. The highest BCUT2D eigenvalue weighted by molar-refractivity contribution is 7.99. The highest BCUT2D eigenvalue weighted by atomic mass is 32.2. The summed E-state index contributed by atoms with van der Waals surface area (Å²) < 4.78 is 4.83. The van der Waals surface area contributed by atoms with Crippen molar-refractivity contribution in [3.8, 4) is 11.4 Å². The first-order valence-electron chi connectivity index (χ1n) is 5.07. The summed E-state index contributed by atoms with van der Waals surface area (Å²) in [7, 11) is 3.73. The van der Waals surface area contributed by atoms with E-state index in [-0.39, 0.29) is 0 Å². The molecule has 2 rings (SSSR count). The van der Waals surface area contributed by atoms with E-state index in [0.717, 1.165) is 17.1 Å². The quantitative estimate of drug-likeness (QED) is 0.804. The highest BCUT2D eigenvalue weighted by Crippen LogP contribution is 2.24. The first-order chi connectivity index (χ1) is 8.26. The van der Waals surface area contributed by atoms with Crippen LogP contribution < -0.4 is 10.0 Å². The van der Waals surface area contributed by atoms with E-state index in [1.54, 1.807) is 23.3 Å². The Balaban J connectivity index is 2.33. The van der Waals surface area contributed by atoms with E-state index in [1.807, 2.05) is 20.4 Å². The van der Waals surface area contributed by atoms with Gasteiger partial charge in [-0.15, -0.1) is 0 Å². The molecule has 17 heavy (non-hydrogen) atoms. The van der Waals surface area contributed by atoms with Crippen molar-refractivity contribution in [2.75, 3.05) is 23.3 Å². The van der Waals surface area contributed by atoms with Gasteiger partial charge >= 0.3 is 0 Å². The van der Waals surface area contributed by atoms with Crippen molar-refractivity contribution in [2.45, 2.75) is 0 Å². The van der Waals surface area contributed by atoms with Gasteiger partial charge in [0.2, 0.25) is 0 Å². The fraction of sp³-hybridized carbons (Fsp3) is 0.300. The summed E-state index contributed by atoms with van der Waals surface area (Å²) in [4.78, 5) is 8.62. The molecule has 0 saturated heterocycles. The molecule has 90 valence electrons. The molecule has 0 aliphatic heterocycles. The van der Waals surface area contributed by atoms with Crippen LogP contribution in [0.1, 0.15) is 0 Å². The Morgan fingerprint density at radius 2 is 1.94 bits per heavy atom. The van der Waals surface area contributed by atoms with E-state index in [2.05, 4.69) is 25.1 Å². The van der Waals surface area contributed by atoms with Crippen LogP contribution >= 0.6 is 11.9 Å². The van der Waals surface area contributed by atoms with Crippen LogP contribution in [-0.4, -0.2) is 33.1 Å². The number of nitrogens with one attached hydrogen (secondary N) is 2. The van der Waals surface area contributed by atoms with Gasteiger partial charge in [0.1, 0.15) is 5.82 Å². The van der Waals surface area contributed by atoms with Crippen LogP contribution in [0.15, 0.2) is 18.6 Å². The molecule has 0 bridgehead atoms. The Morgan fingerprint density at radius 1 is 1.24 bits per heavy atom. The van der Waals surface area contributed by atoms with Crippen molar-refractivity contribution in [1.82, 2.24) is 19.7 Å². The number of rotatable bonds is 4. The van der Waals surface area contributed by atoms with Gasteiger partial charge < -0.3 is 10.0 Å². The Hall–Kier alpha value is -1.76. The maximum Gasteiger partial charge on any atom is 0.164 e. The van der Waals surface area contributed by atoms with Crippen LogP contribution in [0.25, 0.3) is 11.4 Å². The van der Waals surface area contributed by atoms with Crippen LogP contribution in [-0.2, 0) is 7.05 Å². The molecule has 0 saturated carbocycles. The van der Waals surface area contributed by atoms with Crippen molar-refractivity contribution in [1.29, 1.82) is 0 Å². The summed E-state index contributed by atoms with van der Waals surface area (Å²) in [6.45, 7) is 0. The number of anilines is 2. The minimum atomic E-state index is 0.661. The molecular formula is C10H14N6S. The van der Waals surface area contributed by atoms with E-state index < -0.39 is 0 Å². The zero-order valence-corrected chi connectivity index (χ0v) is 10.7. The van der Waals surface area contributed by atoms with Crippen LogP contribution in [0.4, 0.5) is 11.5 Å². The Kier molecular flexibility index (Phi) is 3.48. The molecule has 0 aliphatic carbocycles. The molecule has 2 aromatic rings. The predicted molar refractivity (Wildman–Crippen MR) is 70.9 cm³/mol. The first kappa shape index (κ1) is 11.7. The minimum Gasteiger partial charge on any atom is -0.373 e. The molecule has 6 nitrogen and oxygen atoms in total. The predicted octanol–water partition coefficient (Wildman–Crippen LogP) is 1.61. The van der Waals surface area contributed by atoms with Gasteiger partial charge in [-0.2, -0.15) is 5.10 Å². The van der Waals surface area contributed by atoms with Crippen molar-refractivity contribution in [3.63, 3.8) is 0 Å². The van der Waals surface area contributed by atoms with Crippen molar-refractivity contribution in [3.05, 3.63) is 18.6 Å². The normalized spacial score (nSPS) is 10.3. The summed E-state index contributed by atoms with van der Waals surface area (Å²) >= 11 is 1.51. The van der Waals surface area contributed by atoms with E-state index in [9.17, 15) is 0 Å². The lowest BCUT2D eigenvalue weighted by molar-refractivity contribution is 0.775. The molecule has 2 heterocycles.